The van der Waals surface area contributed by atoms with Crippen molar-refractivity contribution >= 4 is 6.34 Å². The molecule has 1 aliphatic heterocycles. The zero-order chi connectivity index (χ0) is 22.1. The molecule has 1 saturated carbocycles. The Labute approximate surface area is 178 Å². The molecule has 168 valence electrons. The van der Waals surface area contributed by atoms with E-state index in [1.54, 1.807) is 0 Å². The molecule has 0 amide bonds. The standard InChI is InChI=1S/C16H30N4O.C7H14O/c1-13(18)15(2,3)6-4-5-14(19-12-17)20-9-10-21-16(11-20)7-8-16;1-5-7(4)8-6(2)3/h5,12-13H,4,6-11,18H2,1-3H3,(H2,17,19);5-6H,1-4H3/b14-5+;7-5+. The van der Waals surface area contributed by atoms with Gasteiger partial charge in [0.05, 0.1) is 30.4 Å². The number of nitrogens with two attached hydrogens (primary N) is 2. The summed E-state index contributed by atoms with van der Waals surface area (Å²) in [5, 5.41) is 0. The van der Waals surface area contributed by atoms with Crippen LogP contribution in [0.25, 0.3) is 0 Å². The van der Waals surface area contributed by atoms with Crippen LogP contribution in [0.3, 0.4) is 0 Å². The fourth-order valence-corrected chi connectivity index (χ4v) is 3.06. The lowest BCUT2D eigenvalue weighted by Gasteiger charge is -2.35. The van der Waals surface area contributed by atoms with Crippen LogP contribution in [0.5, 0.6) is 0 Å². The fourth-order valence-electron chi connectivity index (χ4n) is 3.06. The molecule has 29 heavy (non-hydrogen) atoms. The van der Waals surface area contributed by atoms with Crippen LogP contribution in [0.1, 0.15) is 74.1 Å². The number of ether oxygens (including phenoxy) is 2. The van der Waals surface area contributed by atoms with Crippen LogP contribution >= 0.6 is 0 Å². The van der Waals surface area contributed by atoms with Crippen LogP contribution in [0.15, 0.2) is 28.7 Å². The van der Waals surface area contributed by atoms with E-state index in [0.29, 0.717) is 6.10 Å². The summed E-state index contributed by atoms with van der Waals surface area (Å²) >= 11 is 0. The smallest absolute Gasteiger partial charge is 0.126 e. The van der Waals surface area contributed by atoms with Crippen LogP contribution in [-0.4, -0.2) is 48.7 Å². The Morgan fingerprint density at radius 2 is 1.97 bits per heavy atom. The molecular formula is C23H44N4O2. The van der Waals surface area contributed by atoms with E-state index in [1.807, 2.05) is 33.8 Å². The van der Waals surface area contributed by atoms with Crippen molar-refractivity contribution in [2.45, 2.75) is 91.9 Å². The number of hydrogen-bond donors (Lipinski definition) is 2. The number of rotatable bonds is 8. The minimum atomic E-state index is 0.104. The molecule has 6 nitrogen and oxygen atoms in total. The Morgan fingerprint density at radius 1 is 1.31 bits per heavy atom. The van der Waals surface area contributed by atoms with Crippen LogP contribution in [-0.2, 0) is 9.47 Å². The lowest BCUT2D eigenvalue weighted by Crippen LogP contribution is -2.43. The first-order valence-electron chi connectivity index (χ1n) is 10.9. The highest BCUT2D eigenvalue weighted by Crippen LogP contribution is 2.42. The molecule has 1 atom stereocenters. The lowest BCUT2D eigenvalue weighted by molar-refractivity contribution is -0.0352. The Hall–Kier alpha value is -1.53. The molecule has 2 aliphatic rings. The van der Waals surface area contributed by atoms with E-state index in [-0.39, 0.29) is 17.1 Å². The van der Waals surface area contributed by atoms with Crippen molar-refractivity contribution in [3.63, 3.8) is 0 Å². The molecule has 1 saturated heterocycles. The zero-order valence-corrected chi connectivity index (χ0v) is 19.7. The van der Waals surface area contributed by atoms with Gasteiger partial charge in [-0.1, -0.05) is 13.8 Å². The van der Waals surface area contributed by atoms with Gasteiger partial charge in [-0.05, 0) is 77.9 Å². The third kappa shape index (κ3) is 9.22. The van der Waals surface area contributed by atoms with Gasteiger partial charge in [0.1, 0.15) is 5.82 Å². The molecule has 1 unspecified atom stereocenters. The molecule has 0 aromatic carbocycles. The van der Waals surface area contributed by atoms with Crippen LogP contribution in [0.4, 0.5) is 0 Å². The summed E-state index contributed by atoms with van der Waals surface area (Å²) in [6, 6.07) is 0.186. The first-order chi connectivity index (χ1) is 13.5. The summed E-state index contributed by atoms with van der Waals surface area (Å²) in [6.07, 6.45) is 10.2. The third-order valence-electron chi connectivity index (χ3n) is 5.76. The van der Waals surface area contributed by atoms with E-state index in [2.05, 4.69) is 36.7 Å². The SMILES string of the molecule is C/C=C(\C)OC(C)C.CC(N)C(C)(C)CC/C=C(\N=C/N)N1CCOC2(CC2)C1. The fraction of sp³-hybridized carbons (Fsp3) is 0.783. The van der Waals surface area contributed by atoms with Crippen LogP contribution in [0, 0.1) is 5.41 Å². The first kappa shape index (κ1) is 25.5. The van der Waals surface area contributed by atoms with Gasteiger partial charge in [-0.15, -0.1) is 0 Å². The van der Waals surface area contributed by atoms with Gasteiger partial charge >= 0.3 is 0 Å². The molecule has 0 aromatic rings. The summed E-state index contributed by atoms with van der Waals surface area (Å²) in [7, 11) is 0. The van der Waals surface area contributed by atoms with Gasteiger partial charge in [0.25, 0.3) is 0 Å². The Morgan fingerprint density at radius 3 is 2.41 bits per heavy atom. The van der Waals surface area contributed by atoms with Crippen molar-refractivity contribution in [1.29, 1.82) is 0 Å². The molecule has 1 aliphatic carbocycles. The summed E-state index contributed by atoms with van der Waals surface area (Å²) in [5.74, 6) is 1.98. The maximum absolute atomic E-state index is 6.04. The largest absolute Gasteiger partial charge is 0.496 e. The number of allylic oxidation sites excluding steroid dienone is 3. The molecule has 4 N–H and O–H groups in total. The quantitative estimate of drug-likeness (QED) is 0.358. The van der Waals surface area contributed by atoms with Crippen LogP contribution < -0.4 is 11.5 Å². The minimum absolute atomic E-state index is 0.104. The Kier molecular flexibility index (Phi) is 10.2. The van der Waals surface area contributed by atoms with Crippen molar-refractivity contribution in [3.05, 3.63) is 23.7 Å². The van der Waals surface area contributed by atoms with Gasteiger partial charge in [0.15, 0.2) is 0 Å². The second-order valence-corrected chi connectivity index (χ2v) is 9.18. The maximum Gasteiger partial charge on any atom is 0.126 e. The summed E-state index contributed by atoms with van der Waals surface area (Å²) in [6.45, 7) is 17.1. The van der Waals surface area contributed by atoms with Crippen molar-refractivity contribution in [2.24, 2.45) is 21.9 Å². The third-order valence-corrected chi connectivity index (χ3v) is 5.76. The molecule has 1 heterocycles. The zero-order valence-electron chi connectivity index (χ0n) is 19.7. The first-order valence-corrected chi connectivity index (χ1v) is 10.9. The number of morpholine rings is 1. The highest BCUT2D eigenvalue weighted by atomic mass is 16.5. The predicted octanol–water partition coefficient (Wildman–Crippen LogP) is 4.17. The topological polar surface area (TPSA) is 86.1 Å². The summed E-state index contributed by atoms with van der Waals surface area (Å²) in [5.41, 5.74) is 11.8. The number of nitrogens with zero attached hydrogens (tertiary/aromatic N) is 2. The lowest BCUT2D eigenvalue weighted by atomic mass is 9.81. The van der Waals surface area contributed by atoms with Crippen molar-refractivity contribution in [3.8, 4) is 0 Å². The van der Waals surface area contributed by atoms with E-state index in [0.717, 1.165) is 44.1 Å². The number of hydrogen-bond acceptors (Lipinski definition) is 5. The van der Waals surface area contributed by atoms with Crippen molar-refractivity contribution in [1.82, 2.24) is 4.90 Å². The van der Waals surface area contributed by atoms with Crippen LogP contribution in [0.2, 0.25) is 0 Å². The predicted molar refractivity (Wildman–Crippen MR) is 123 cm³/mol. The van der Waals surface area contributed by atoms with Gasteiger partial charge < -0.3 is 25.8 Å². The second-order valence-electron chi connectivity index (χ2n) is 9.18. The van der Waals surface area contributed by atoms with E-state index in [4.69, 9.17) is 20.9 Å². The highest BCUT2D eigenvalue weighted by molar-refractivity contribution is 5.53. The normalized spacial score (nSPS) is 20.7. The molecule has 0 bridgehead atoms. The van der Waals surface area contributed by atoms with Gasteiger partial charge in [0, 0.05) is 19.1 Å². The number of aliphatic imine (C=N–C) groups is 1. The molecule has 0 aromatic heterocycles. The highest BCUT2D eigenvalue weighted by Gasteiger charge is 2.47. The van der Waals surface area contributed by atoms with Crippen molar-refractivity contribution in [2.75, 3.05) is 19.7 Å². The van der Waals surface area contributed by atoms with Crippen molar-refractivity contribution < 1.29 is 9.47 Å². The van der Waals surface area contributed by atoms with E-state index >= 15 is 0 Å². The molecular weight excluding hydrogens is 364 g/mol. The second kappa shape index (κ2) is 11.6. The van der Waals surface area contributed by atoms with Gasteiger partial charge in [-0.3, -0.25) is 0 Å². The molecule has 2 rings (SSSR count). The van der Waals surface area contributed by atoms with E-state index < -0.39 is 0 Å². The van der Waals surface area contributed by atoms with E-state index in [1.165, 1.54) is 19.2 Å². The van der Waals surface area contributed by atoms with Gasteiger partial charge in [-0.25, -0.2) is 4.99 Å². The molecule has 1 spiro atoms. The monoisotopic (exact) mass is 408 g/mol. The summed E-state index contributed by atoms with van der Waals surface area (Å²) in [4.78, 5) is 6.66. The molecule has 2 fully saturated rings. The minimum Gasteiger partial charge on any atom is -0.496 e. The Balaban J connectivity index is 0.000000447. The van der Waals surface area contributed by atoms with Gasteiger partial charge in [0.2, 0.25) is 0 Å². The van der Waals surface area contributed by atoms with E-state index in [9.17, 15) is 0 Å². The maximum atomic E-state index is 6.04. The average Bonchev–Trinajstić information content (AvgIpc) is 3.39. The average molecular weight is 409 g/mol. The summed E-state index contributed by atoms with van der Waals surface area (Å²) < 4.78 is 11.1. The van der Waals surface area contributed by atoms with Gasteiger partial charge in [-0.2, -0.15) is 0 Å². The molecule has 0 radical (unpaired) electrons. The molecule has 6 heteroatoms. The Bertz CT molecular complexity index is 575.